The van der Waals surface area contributed by atoms with Gasteiger partial charge in [0.1, 0.15) is 0 Å². The fourth-order valence-electron chi connectivity index (χ4n) is 4.64. The number of hydrogen-bond donors (Lipinski definition) is 3. The fraction of sp³-hybridized carbons (Fsp3) is 0.895. The summed E-state index contributed by atoms with van der Waals surface area (Å²) in [5.74, 6) is 0.0399. The Morgan fingerprint density at radius 2 is 1.52 bits per heavy atom. The Labute approximate surface area is 193 Å². The molecule has 0 bridgehead atoms. The quantitative estimate of drug-likeness (QED) is 0.514. The molecule has 0 aromatic carbocycles. The van der Waals surface area contributed by atoms with E-state index in [0.717, 1.165) is 38.9 Å². The van der Waals surface area contributed by atoms with Crippen LogP contribution in [0.3, 0.4) is 0 Å². The van der Waals surface area contributed by atoms with Crippen molar-refractivity contribution in [3.05, 3.63) is 0 Å². The van der Waals surface area contributed by atoms with Crippen molar-refractivity contribution in [2.75, 3.05) is 53.4 Å². The number of nitrogens with one attached hydrogen (secondary N) is 3. The number of likely N-dealkylation sites (tertiary alicyclic amines) is 2. The lowest BCUT2D eigenvalue weighted by Crippen LogP contribution is -2.49. The molecule has 3 fully saturated rings. The largest absolute Gasteiger partial charge is 0.355 e. The van der Waals surface area contributed by atoms with Gasteiger partial charge in [0.25, 0.3) is 0 Å². The van der Waals surface area contributed by atoms with Gasteiger partial charge in [0.15, 0.2) is 0 Å². The van der Waals surface area contributed by atoms with E-state index < -0.39 is 5.41 Å². The molecule has 3 aliphatic heterocycles. The normalized spacial score (nSPS) is 29.4. The summed E-state index contributed by atoms with van der Waals surface area (Å²) in [4.78, 5) is 30.1. The molecule has 29 heavy (non-hydrogen) atoms. The van der Waals surface area contributed by atoms with Crippen molar-refractivity contribution in [1.82, 2.24) is 25.8 Å². The van der Waals surface area contributed by atoms with E-state index in [0.29, 0.717) is 31.7 Å². The molecule has 0 aromatic heterocycles. The zero-order chi connectivity index (χ0) is 18.6. The van der Waals surface area contributed by atoms with E-state index in [1.165, 1.54) is 12.8 Å². The van der Waals surface area contributed by atoms with Gasteiger partial charge < -0.3 is 25.8 Å². The Balaban J connectivity index is 0.00000261. The third-order valence-corrected chi connectivity index (χ3v) is 6.60. The Morgan fingerprint density at radius 1 is 0.966 bits per heavy atom. The van der Waals surface area contributed by atoms with Crippen molar-refractivity contribution in [1.29, 1.82) is 0 Å². The molecule has 172 valence electrons. The molecule has 3 atom stereocenters. The number of carbonyl (C=O) groups is 2. The van der Waals surface area contributed by atoms with Crippen LogP contribution in [0.2, 0.25) is 0 Å². The topological polar surface area (TPSA) is 76.7 Å². The zero-order valence-electron chi connectivity index (χ0n) is 17.6. The molecule has 7 nitrogen and oxygen atoms in total. The van der Waals surface area contributed by atoms with E-state index in [1.807, 2.05) is 0 Å². The van der Waals surface area contributed by atoms with Gasteiger partial charge in [-0.15, -0.1) is 37.2 Å². The van der Waals surface area contributed by atoms with Crippen LogP contribution in [0.25, 0.3) is 0 Å². The maximum atomic E-state index is 12.9. The molecule has 3 heterocycles. The highest BCUT2D eigenvalue weighted by Crippen LogP contribution is 2.30. The molecule has 3 rings (SSSR count). The minimum absolute atomic E-state index is 0. The van der Waals surface area contributed by atoms with Crippen LogP contribution in [0, 0.1) is 5.41 Å². The summed E-state index contributed by atoms with van der Waals surface area (Å²) in [5, 5.41) is 9.49. The first-order chi connectivity index (χ1) is 12.5. The van der Waals surface area contributed by atoms with Crippen LogP contribution in [0.15, 0.2) is 0 Å². The van der Waals surface area contributed by atoms with Crippen LogP contribution in [-0.4, -0.2) is 87.1 Å². The lowest BCUT2D eigenvalue weighted by atomic mass is 9.82. The zero-order valence-corrected chi connectivity index (χ0v) is 20.0. The van der Waals surface area contributed by atoms with Gasteiger partial charge in [0, 0.05) is 38.1 Å². The summed E-state index contributed by atoms with van der Waals surface area (Å²) in [5.41, 5.74) is -0.594. The number of halogens is 3. The predicted molar refractivity (Wildman–Crippen MR) is 124 cm³/mol. The summed E-state index contributed by atoms with van der Waals surface area (Å²) in [6.45, 7) is 4.97. The Kier molecular flexibility index (Phi) is 13.0. The number of amides is 2. The van der Waals surface area contributed by atoms with Gasteiger partial charge in [-0.05, 0) is 65.8 Å². The Hall–Kier alpha value is -0.310. The number of rotatable bonds is 7. The first-order valence-electron chi connectivity index (χ1n) is 10.2. The van der Waals surface area contributed by atoms with Crippen LogP contribution in [0.5, 0.6) is 0 Å². The monoisotopic (exact) mass is 473 g/mol. The summed E-state index contributed by atoms with van der Waals surface area (Å²) >= 11 is 0. The van der Waals surface area contributed by atoms with Crippen molar-refractivity contribution in [2.24, 2.45) is 5.41 Å². The number of nitrogens with zero attached hydrogens (tertiary/aromatic N) is 2. The second kappa shape index (κ2) is 13.2. The highest BCUT2D eigenvalue weighted by molar-refractivity contribution is 5.89. The smallest absolute Gasteiger partial charge is 0.228 e. The molecule has 10 heteroatoms. The van der Waals surface area contributed by atoms with Crippen LogP contribution in [0.4, 0.5) is 0 Å². The third-order valence-electron chi connectivity index (χ3n) is 6.60. The predicted octanol–water partition coefficient (Wildman–Crippen LogP) is 1.04. The number of likely N-dealkylation sites (N-methyl/N-ethyl adjacent to an activating group) is 2. The van der Waals surface area contributed by atoms with Crippen molar-refractivity contribution >= 4 is 49.0 Å². The molecule has 3 aliphatic rings. The minimum atomic E-state index is -0.594. The standard InChI is InChI=1S/C19H35N5O2.3ClH/c1-23-9-3-5-15(23)12-21-17(25)11-19(7-8-20-14-19)18(26)22-13-16-6-4-10-24(16)2;;;/h15-16,20H,3-14H2,1-2H3,(H,21,25)(H,22,26);3*1H. The summed E-state index contributed by atoms with van der Waals surface area (Å²) < 4.78 is 0. The van der Waals surface area contributed by atoms with E-state index in [-0.39, 0.29) is 55.5 Å². The summed E-state index contributed by atoms with van der Waals surface area (Å²) in [6, 6.07) is 0.862. The molecule has 0 radical (unpaired) electrons. The third kappa shape index (κ3) is 7.40. The lowest BCUT2D eigenvalue weighted by Gasteiger charge is -2.29. The van der Waals surface area contributed by atoms with Crippen molar-refractivity contribution in [3.8, 4) is 0 Å². The molecule has 3 N–H and O–H groups in total. The summed E-state index contributed by atoms with van der Waals surface area (Å²) in [6.07, 6.45) is 5.68. The van der Waals surface area contributed by atoms with Crippen LogP contribution in [-0.2, 0) is 9.59 Å². The van der Waals surface area contributed by atoms with Crippen LogP contribution >= 0.6 is 37.2 Å². The Morgan fingerprint density at radius 3 is 1.97 bits per heavy atom. The first kappa shape index (κ1) is 28.7. The maximum absolute atomic E-state index is 12.9. The lowest BCUT2D eigenvalue weighted by molar-refractivity contribution is -0.135. The molecule has 0 aromatic rings. The van der Waals surface area contributed by atoms with Crippen molar-refractivity contribution in [2.45, 2.75) is 50.6 Å². The van der Waals surface area contributed by atoms with E-state index in [9.17, 15) is 9.59 Å². The van der Waals surface area contributed by atoms with Gasteiger partial charge >= 0.3 is 0 Å². The van der Waals surface area contributed by atoms with E-state index in [2.05, 4.69) is 39.8 Å². The van der Waals surface area contributed by atoms with E-state index >= 15 is 0 Å². The van der Waals surface area contributed by atoms with Crippen molar-refractivity contribution in [3.63, 3.8) is 0 Å². The average Bonchev–Trinajstić information content (AvgIpc) is 3.34. The Bertz CT molecular complexity index is 520. The molecular formula is C19H38Cl3N5O2. The number of carbonyl (C=O) groups excluding carboxylic acids is 2. The van der Waals surface area contributed by atoms with Crippen LogP contribution in [0.1, 0.15) is 38.5 Å². The van der Waals surface area contributed by atoms with Gasteiger partial charge in [-0.25, -0.2) is 0 Å². The maximum Gasteiger partial charge on any atom is 0.228 e. The second-order valence-corrected chi connectivity index (χ2v) is 8.45. The van der Waals surface area contributed by atoms with E-state index in [1.54, 1.807) is 0 Å². The van der Waals surface area contributed by atoms with Gasteiger partial charge in [-0.2, -0.15) is 0 Å². The van der Waals surface area contributed by atoms with Gasteiger partial charge in [0.05, 0.1) is 5.41 Å². The molecule has 3 unspecified atom stereocenters. The van der Waals surface area contributed by atoms with Gasteiger partial charge in [0.2, 0.25) is 11.8 Å². The molecule has 0 aliphatic carbocycles. The highest BCUT2D eigenvalue weighted by Gasteiger charge is 2.43. The average molecular weight is 475 g/mol. The van der Waals surface area contributed by atoms with E-state index in [4.69, 9.17) is 0 Å². The van der Waals surface area contributed by atoms with Crippen LogP contribution < -0.4 is 16.0 Å². The molecule has 2 amide bonds. The SMILES string of the molecule is CN1CCCC1CNC(=O)CC1(C(=O)NCC2CCCN2C)CCNC1.Cl.Cl.Cl. The highest BCUT2D eigenvalue weighted by atomic mass is 35.5. The molecule has 0 saturated carbocycles. The van der Waals surface area contributed by atoms with Gasteiger partial charge in [-0.1, -0.05) is 0 Å². The first-order valence-corrected chi connectivity index (χ1v) is 10.2. The fourth-order valence-corrected chi connectivity index (χ4v) is 4.64. The molecular weight excluding hydrogens is 437 g/mol. The summed E-state index contributed by atoms with van der Waals surface area (Å²) in [7, 11) is 4.23. The molecule has 3 saturated heterocycles. The minimum Gasteiger partial charge on any atom is -0.355 e. The molecule has 0 spiro atoms. The van der Waals surface area contributed by atoms with Gasteiger partial charge in [-0.3, -0.25) is 9.59 Å². The van der Waals surface area contributed by atoms with Crippen molar-refractivity contribution < 1.29 is 9.59 Å². The number of hydrogen-bond acceptors (Lipinski definition) is 5. The second-order valence-electron chi connectivity index (χ2n) is 8.45.